The smallest absolute Gasteiger partial charge is 0.227 e. The van der Waals surface area contributed by atoms with Crippen molar-refractivity contribution in [2.75, 3.05) is 18.1 Å². The van der Waals surface area contributed by atoms with Crippen molar-refractivity contribution in [2.24, 2.45) is 5.92 Å². The molecule has 80 valence electrons. The highest BCUT2D eigenvalue weighted by Gasteiger charge is 2.29. The molecule has 0 unspecified atom stereocenters. The van der Waals surface area contributed by atoms with Gasteiger partial charge in [0.1, 0.15) is 0 Å². The number of aliphatic hydroxyl groups excluding tert-OH is 1. The molecule has 0 aliphatic carbocycles. The van der Waals surface area contributed by atoms with E-state index >= 15 is 0 Å². The van der Waals surface area contributed by atoms with Crippen LogP contribution in [0.25, 0.3) is 0 Å². The minimum atomic E-state index is 0.0631. The van der Waals surface area contributed by atoms with Gasteiger partial charge in [0.25, 0.3) is 0 Å². The zero-order valence-electron chi connectivity index (χ0n) is 8.19. The molecular formula is C11H12ClNO2. The predicted octanol–water partition coefficient (Wildman–Crippen LogP) is 1.69. The Bertz CT molecular complexity index is 363. The number of nitrogens with zero attached hydrogens (tertiary/aromatic N) is 1. The molecule has 1 amide bonds. The van der Waals surface area contributed by atoms with Crippen molar-refractivity contribution in [3.05, 3.63) is 29.3 Å². The van der Waals surface area contributed by atoms with Gasteiger partial charge in [0.05, 0.1) is 0 Å². The van der Waals surface area contributed by atoms with Crippen LogP contribution in [-0.2, 0) is 4.79 Å². The Morgan fingerprint density at radius 2 is 2.07 bits per heavy atom. The van der Waals surface area contributed by atoms with Crippen molar-refractivity contribution in [3.8, 4) is 0 Å². The molecule has 1 aromatic carbocycles. The first-order chi connectivity index (χ1) is 7.20. The average Bonchev–Trinajstić information content (AvgIpc) is 2.61. The summed E-state index contributed by atoms with van der Waals surface area (Å²) in [6.07, 6.45) is 0.430. The van der Waals surface area contributed by atoms with Gasteiger partial charge in [0.15, 0.2) is 0 Å². The molecule has 1 saturated heterocycles. The Kier molecular flexibility index (Phi) is 2.93. The molecule has 1 fully saturated rings. The number of carbonyl (C=O) groups excluding carboxylic acids is 1. The van der Waals surface area contributed by atoms with Crippen LogP contribution in [0.1, 0.15) is 6.42 Å². The zero-order valence-corrected chi connectivity index (χ0v) is 8.94. The number of hydrogen-bond donors (Lipinski definition) is 1. The maximum Gasteiger partial charge on any atom is 0.227 e. The Morgan fingerprint density at radius 1 is 1.40 bits per heavy atom. The van der Waals surface area contributed by atoms with Crippen LogP contribution in [0.2, 0.25) is 5.02 Å². The first-order valence-corrected chi connectivity index (χ1v) is 5.25. The fourth-order valence-corrected chi connectivity index (χ4v) is 1.90. The van der Waals surface area contributed by atoms with Crippen LogP contribution in [0.3, 0.4) is 0 Å². The van der Waals surface area contributed by atoms with E-state index < -0.39 is 0 Å². The highest BCUT2D eigenvalue weighted by Crippen LogP contribution is 2.25. The van der Waals surface area contributed by atoms with Gasteiger partial charge in [-0.15, -0.1) is 0 Å². The number of carbonyl (C=O) groups is 1. The molecule has 1 aliphatic rings. The van der Waals surface area contributed by atoms with Gasteiger partial charge in [-0.1, -0.05) is 11.6 Å². The molecule has 0 saturated carbocycles. The second kappa shape index (κ2) is 4.21. The van der Waals surface area contributed by atoms with Crippen molar-refractivity contribution in [3.63, 3.8) is 0 Å². The van der Waals surface area contributed by atoms with Crippen molar-refractivity contribution < 1.29 is 9.90 Å². The quantitative estimate of drug-likeness (QED) is 0.832. The first kappa shape index (κ1) is 10.5. The maximum absolute atomic E-state index is 11.6. The standard InChI is InChI=1S/C11H12ClNO2/c12-9-1-3-10(4-2-9)13-6-8(7-14)5-11(13)15/h1-4,8,14H,5-7H2/t8-/m0/s1. The summed E-state index contributed by atoms with van der Waals surface area (Å²) in [5.41, 5.74) is 0.848. The lowest BCUT2D eigenvalue weighted by atomic mass is 10.1. The third-order valence-electron chi connectivity index (χ3n) is 2.60. The maximum atomic E-state index is 11.6. The van der Waals surface area contributed by atoms with Gasteiger partial charge in [-0.2, -0.15) is 0 Å². The minimum Gasteiger partial charge on any atom is -0.396 e. The highest BCUT2D eigenvalue weighted by molar-refractivity contribution is 6.30. The lowest BCUT2D eigenvalue weighted by Crippen LogP contribution is -2.24. The monoisotopic (exact) mass is 225 g/mol. The van der Waals surface area contributed by atoms with E-state index in [-0.39, 0.29) is 18.4 Å². The van der Waals surface area contributed by atoms with Crippen LogP contribution < -0.4 is 4.90 Å². The van der Waals surface area contributed by atoms with Gasteiger partial charge < -0.3 is 10.0 Å². The molecular weight excluding hydrogens is 214 g/mol. The Hall–Kier alpha value is -1.06. The second-order valence-corrected chi connectivity index (χ2v) is 4.17. The second-order valence-electron chi connectivity index (χ2n) is 3.73. The molecule has 0 radical (unpaired) electrons. The van der Waals surface area contributed by atoms with Crippen LogP contribution >= 0.6 is 11.6 Å². The molecule has 1 aliphatic heterocycles. The molecule has 1 heterocycles. The Balaban J connectivity index is 2.18. The van der Waals surface area contributed by atoms with E-state index in [0.29, 0.717) is 18.0 Å². The van der Waals surface area contributed by atoms with Gasteiger partial charge in [-0.3, -0.25) is 4.79 Å². The number of aliphatic hydroxyl groups is 1. The van der Waals surface area contributed by atoms with Crippen molar-refractivity contribution in [1.29, 1.82) is 0 Å². The van der Waals surface area contributed by atoms with E-state index in [1.807, 2.05) is 12.1 Å². The Labute approximate surface area is 93.3 Å². The fraction of sp³-hybridized carbons (Fsp3) is 0.364. The third kappa shape index (κ3) is 2.13. The number of hydrogen-bond acceptors (Lipinski definition) is 2. The molecule has 3 nitrogen and oxygen atoms in total. The predicted molar refractivity (Wildman–Crippen MR) is 59.0 cm³/mol. The lowest BCUT2D eigenvalue weighted by Gasteiger charge is -2.16. The van der Waals surface area contributed by atoms with Gasteiger partial charge in [-0.25, -0.2) is 0 Å². The summed E-state index contributed by atoms with van der Waals surface area (Å²) in [4.78, 5) is 13.3. The summed E-state index contributed by atoms with van der Waals surface area (Å²) in [5.74, 6) is 0.129. The molecule has 4 heteroatoms. The van der Waals surface area contributed by atoms with E-state index in [2.05, 4.69) is 0 Å². The molecule has 15 heavy (non-hydrogen) atoms. The van der Waals surface area contributed by atoms with Crippen LogP contribution in [0.15, 0.2) is 24.3 Å². The number of anilines is 1. The van der Waals surface area contributed by atoms with Crippen LogP contribution in [-0.4, -0.2) is 24.2 Å². The van der Waals surface area contributed by atoms with Crippen molar-refractivity contribution in [1.82, 2.24) is 0 Å². The summed E-state index contributed by atoms with van der Waals surface area (Å²) in [5, 5.41) is 9.65. The molecule has 1 atom stereocenters. The Morgan fingerprint density at radius 3 is 2.60 bits per heavy atom. The topological polar surface area (TPSA) is 40.5 Å². The summed E-state index contributed by atoms with van der Waals surface area (Å²) in [6, 6.07) is 7.16. The van der Waals surface area contributed by atoms with Gasteiger partial charge in [0, 0.05) is 36.2 Å². The number of amides is 1. The SMILES string of the molecule is O=C1C[C@H](CO)CN1c1ccc(Cl)cc1. The first-order valence-electron chi connectivity index (χ1n) is 4.87. The summed E-state index contributed by atoms with van der Waals surface area (Å²) >= 11 is 5.77. The lowest BCUT2D eigenvalue weighted by molar-refractivity contribution is -0.117. The number of halogens is 1. The molecule has 0 spiro atoms. The van der Waals surface area contributed by atoms with Crippen LogP contribution in [0, 0.1) is 5.92 Å². The van der Waals surface area contributed by atoms with Gasteiger partial charge in [-0.05, 0) is 24.3 Å². The summed E-state index contributed by atoms with van der Waals surface area (Å²) in [6.45, 7) is 0.660. The van der Waals surface area contributed by atoms with E-state index in [4.69, 9.17) is 16.7 Å². The summed E-state index contributed by atoms with van der Waals surface area (Å²) < 4.78 is 0. The molecule has 1 aromatic rings. The van der Waals surface area contributed by atoms with Gasteiger partial charge >= 0.3 is 0 Å². The van der Waals surface area contributed by atoms with E-state index in [9.17, 15) is 4.79 Å². The summed E-state index contributed by atoms with van der Waals surface area (Å²) in [7, 11) is 0. The van der Waals surface area contributed by atoms with E-state index in [0.717, 1.165) is 5.69 Å². The molecule has 1 N–H and O–H groups in total. The average molecular weight is 226 g/mol. The third-order valence-corrected chi connectivity index (χ3v) is 2.85. The van der Waals surface area contributed by atoms with Crippen LogP contribution in [0.5, 0.6) is 0 Å². The van der Waals surface area contributed by atoms with Gasteiger partial charge in [0.2, 0.25) is 5.91 Å². The largest absolute Gasteiger partial charge is 0.396 e. The van der Waals surface area contributed by atoms with Crippen molar-refractivity contribution in [2.45, 2.75) is 6.42 Å². The molecule has 2 rings (SSSR count). The fourth-order valence-electron chi connectivity index (χ4n) is 1.77. The number of rotatable bonds is 2. The van der Waals surface area contributed by atoms with E-state index in [1.54, 1.807) is 17.0 Å². The normalized spacial score (nSPS) is 21.1. The van der Waals surface area contributed by atoms with Crippen molar-refractivity contribution >= 4 is 23.2 Å². The number of benzene rings is 1. The minimum absolute atomic E-state index is 0.0631. The highest BCUT2D eigenvalue weighted by atomic mass is 35.5. The van der Waals surface area contributed by atoms with E-state index in [1.165, 1.54) is 0 Å². The molecule has 0 bridgehead atoms. The zero-order chi connectivity index (χ0) is 10.8. The molecule has 0 aromatic heterocycles. The van der Waals surface area contributed by atoms with Crippen LogP contribution in [0.4, 0.5) is 5.69 Å².